The van der Waals surface area contributed by atoms with Crippen LogP contribution in [0.3, 0.4) is 0 Å². The van der Waals surface area contributed by atoms with E-state index in [0.717, 1.165) is 13.8 Å². The van der Waals surface area contributed by atoms with Crippen LogP contribution in [0, 0.1) is 0 Å². The maximum absolute atomic E-state index is 11.9. The first-order valence-corrected chi connectivity index (χ1v) is 6.89. The Hall–Kier alpha value is -1.37. The van der Waals surface area contributed by atoms with Crippen molar-refractivity contribution in [3.05, 3.63) is 53.9 Å². The maximum atomic E-state index is 11.9. The lowest BCUT2D eigenvalue weighted by Gasteiger charge is -2.07. The Morgan fingerprint density at radius 2 is 2.00 bits per heavy atom. The monoisotopic (exact) mass is 299 g/mol. The summed E-state index contributed by atoms with van der Waals surface area (Å²) in [5.74, 6) is 0. The van der Waals surface area contributed by atoms with Gasteiger partial charge in [-0.1, -0.05) is 11.6 Å². The second kappa shape index (κ2) is 5.73. The largest absolute Gasteiger partial charge is 0.330 e. The normalized spacial score (nSPS) is 10.9. The summed E-state index contributed by atoms with van der Waals surface area (Å²) >= 11 is 7.34. The lowest BCUT2D eigenvalue weighted by atomic mass is 10.3. The molecule has 0 spiro atoms. The predicted molar refractivity (Wildman–Crippen MR) is 76.8 cm³/mol. The summed E-state index contributed by atoms with van der Waals surface area (Å²) in [6, 6.07) is 3.79. The van der Waals surface area contributed by atoms with Gasteiger partial charge >= 0.3 is 5.69 Å². The smallest absolute Gasteiger partial charge is 0.308 e. The molecular formula is C12H14ClN3O2S. The third-order valence-electron chi connectivity index (χ3n) is 2.76. The van der Waals surface area contributed by atoms with E-state index in [2.05, 4.69) is 5.32 Å². The summed E-state index contributed by atoms with van der Waals surface area (Å²) in [4.78, 5) is 24.5. The second-order valence-corrected chi connectivity index (χ2v) is 6.02. The first-order valence-electron chi connectivity index (χ1n) is 5.69. The van der Waals surface area contributed by atoms with Crippen LogP contribution in [0.25, 0.3) is 0 Å². The highest BCUT2D eigenvalue weighted by Gasteiger charge is 2.06. The van der Waals surface area contributed by atoms with Crippen LogP contribution in [-0.4, -0.2) is 9.13 Å². The number of rotatable bonds is 4. The van der Waals surface area contributed by atoms with Crippen LogP contribution in [0.4, 0.5) is 0 Å². The van der Waals surface area contributed by atoms with Gasteiger partial charge in [0.15, 0.2) is 0 Å². The summed E-state index contributed by atoms with van der Waals surface area (Å²) in [6.07, 6.45) is 1.57. The number of aryl methyl sites for hydroxylation is 1. The van der Waals surface area contributed by atoms with Gasteiger partial charge in [-0.25, -0.2) is 4.79 Å². The van der Waals surface area contributed by atoms with Crippen molar-refractivity contribution in [3.63, 3.8) is 0 Å². The number of nitrogens with zero attached hydrogens (tertiary/aromatic N) is 2. The van der Waals surface area contributed by atoms with Crippen molar-refractivity contribution in [3.8, 4) is 0 Å². The van der Waals surface area contributed by atoms with Crippen LogP contribution < -0.4 is 16.6 Å². The molecule has 0 aliphatic rings. The van der Waals surface area contributed by atoms with Gasteiger partial charge in [-0.15, -0.1) is 11.3 Å². The Kier molecular flexibility index (Phi) is 4.24. The first-order chi connectivity index (χ1) is 8.99. The number of hydrogen-bond acceptors (Lipinski definition) is 4. The summed E-state index contributed by atoms with van der Waals surface area (Å²) in [5.41, 5.74) is -0.0224. The van der Waals surface area contributed by atoms with Crippen LogP contribution >= 0.6 is 22.9 Å². The van der Waals surface area contributed by atoms with Crippen molar-refractivity contribution >= 4 is 22.9 Å². The molecule has 0 saturated heterocycles. The number of halogens is 1. The second-order valence-electron chi connectivity index (χ2n) is 4.22. The third-order valence-corrected chi connectivity index (χ3v) is 3.99. The molecule has 0 aromatic carbocycles. The van der Waals surface area contributed by atoms with Crippen molar-refractivity contribution in [1.29, 1.82) is 0 Å². The Bertz CT molecular complexity index is 702. The summed E-state index contributed by atoms with van der Waals surface area (Å²) in [5, 5.41) is 3.17. The van der Waals surface area contributed by atoms with E-state index in [9.17, 15) is 9.59 Å². The molecule has 0 unspecified atom stereocenters. The fraction of sp³-hybridized carbons (Fsp3) is 0.333. The van der Waals surface area contributed by atoms with Gasteiger partial charge < -0.3 is 9.88 Å². The van der Waals surface area contributed by atoms with E-state index >= 15 is 0 Å². The predicted octanol–water partition coefficient (Wildman–Crippen LogP) is 1.09. The zero-order chi connectivity index (χ0) is 14.0. The lowest BCUT2D eigenvalue weighted by Crippen LogP contribution is -2.39. The van der Waals surface area contributed by atoms with Gasteiger partial charge in [0.25, 0.3) is 5.56 Å². The maximum Gasteiger partial charge on any atom is 0.330 e. The lowest BCUT2D eigenvalue weighted by molar-refractivity contribution is 0.633. The Morgan fingerprint density at radius 1 is 1.26 bits per heavy atom. The number of nitrogens with one attached hydrogen (secondary N) is 1. The Morgan fingerprint density at radius 3 is 2.63 bits per heavy atom. The highest BCUT2D eigenvalue weighted by atomic mass is 35.5. The van der Waals surface area contributed by atoms with Crippen molar-refractivity contribution in [1.82, 2.24) is 14.5 Å². The molecule has 0 fully saturated rings. The van der Waals surface area contributed by atoms with Gasteiger partial charge in [-0.3, -0.25) is 9.36 Å². The van der Waals surface area contributed by atoms with Gasteiger partial charge in [0, 0.05) is 43.8 Å². The molecule has 0 saturated carbocycles. The topological polar surface area (TPSA) is 56.0 Å². The van der Waals surface area contributed by atoms with E-state index in [1.165, 1.54) is 23.0 Å². The van der Waals surface area contributed by atoms with Crippen molar-refractivity contribution in [2.45, 2.75) is 13.1 Å². The molecule has 19 heavy (non-hydrogen) atoms. The fourth-order valence-electron chi connectivity index (χ4n) is 1.77. The van der Waals surface area contributed by atoms with E-state index in [1.807, 2.05) is 12.1 Å². The molecule has 2 aromatic heterocycles. The van der Waals surface area contributed by atoms with E-state index in [1.54, 1.807) is 13.2 Å². The first kappa shape index (κ1) is 14.0. The van der Waals surface area contributed by atoms with Crippen molar-refractivity contribution < 1.29 is 0 Å². The van der Waals surface area contributed by atoms with Crippen LogP contribution in [0.1, 0.15) is 10.4 Å². The molecule has 0 bridgehead atoms. The molecule has 102 valence electrons. The van der Waals surface area contributed by atoms with Crippen LogP contribution in [0.15, 0.2) is 27.9 Å². The molecule has 2 heterocycles. The molecule has 2 rings (SSSR count). The van der Waals surface area contributed by atoms with E-state index in [4.69, 9.17) is 11.6 Å². The minimum atomic E-state index is -0.321. The number of hydrogen-bond donors (Lipinski definition) is 1. The zero-order valence-electron chi connectivity index (χ0n) is 10.6. The third kappa shape index (κ3) is 3.15. The Labute approximate surface area is 119 Å². The molecule has 0 aliphatic carbocycles. The average molecular weight is 300 g/mol. The number of aromatic nitrogens is 2. The van der Waals surface area contributed by atoms with Crippen LogP contribution in [0.2, 0.25) is 4.34 Å². The van der Waals surface area contributed by atoms with Crippen molar-refractivity contribution in [2.75, 3.05) is 0 Å². The highest BCUT2D eigenvalue weighted by molar-refractivity contribution is 7.16. The van der Waals surface area contributed by atoms with Gasteiger partial charge in [0.2, 0.25) is 0 Å². The van der Waals surface area contributed by atoms with Gasteiger partial charge in [0.05, 0.1) is 4.34 Å². The summed E-state index contributed by atoms with van der Waals surface area (Å²) in [6.45, 7) is 1.06. The molecule has 1 N–H and O–H groups in total. The molecule has 0 radical (unpaired) electrons. The molecule has 0 atom stereocenters. The van der Waals surface area contributed by atoms with E-state index in [0.29, 0.717) is 18.7 Å². The van der Waals surface area contributed by atoms with E-state index in [-0.39, 0.29) is 11.2 Å². The molecule has 0 amide bonds. The van der Waals surface area contributed by atoms with Gasteiger partial charge in [0.1, 0.15) is 0 Å². The van der Waals surface area contributed by atoms with Crippen LogP contribution in [-0.2, 0) is 27.2 Å². The van der Waals surface area contributed by atoms with Crippen LogP contribution in [0.5, 0.6) is 0 Å². The molecule has 5 nitrogen and oxygen atoms in total. The van der Waals surface area contributed by atoms with Gasteiger partial charge in [-0.2, -0.15) is 0 Å². The van der Waals surface area contributed by atoms with E-state index < -0.39 is 0 Å². The summed E-state index contributed by atoms with van der Waals surface area (Å²) < 4.78 is 3.26. The highest BCUT2D eigenvalue weighted by Crippen LogP contribution is 2.20. The molecule has 0 aliphatic heterocycles. The minimum absolute atomic E-state index is 0.264. The molecular weight excluding hydrogens is 286 g/mol. The molecule has 2 aromatic rings. The zero-order valence-corrected chi connectivity index (χ0v) is 12.2. The number of thiophene rings is 1. The standard InChI is InChI=1S/C12H14ClN3O2S/c1-15-7-8(11(17)16(2)12(15)18)5-14-6-9-3-4-10(13)19-9/h3-4,7,14H,5-6H2,1-2H3. The SMILES string of the molecule is Cn1cc(CNCc2ccc(Cl)s2)c(=O)n(C)c1=O. The quantitative estimate of drug-likeness (QED) is 0.919. The average Bonchev–Trinajstić information content (AvgIpc) is 2.79. The Balaban J connectivity index is 2.08. The minimum Gasteiger partial charge on any atom is -0.308 e. The van der Waals surface area contributed by atoms with Crippen molar-refractivity contribution in [2.24, 2.45) is 14.1 Å². The fourth-order valence-corrected chi connectivity index (χ4v) is 2.83. The van der Waals surface area contributed by atoms with Gasteiger partial charge in [-0.05, 0) is 12.1 Å². The summed E-state index contributed by atoms with van der Waals surface area (Å²) in [7, 11) is 3.11. The molecule has 7 heteroatoms.